The Kier molecular flexibility index (Phi) is 16.9. The normalized spacial score (nSPS) is 18.9. The zero-order chi connectivity index (χ0) is 41.3. The molecule has 0 N–H and O–H groups in total. The molecule has 0 amide bonds. The van der Waals surface area contributed by atoms with Crippen LogP contribution < -0.4 is 9.47 Å². The Balaban J connectivity index is 1.17. The van der Waals surface area contributed by atoms with Gasteiger partial charge < -0.3 is 23.7 Å². The summed E-state index contributed by atoms with van der Waals surface area (Å²) in [4.78, 5) is 62.1. The molecular formula is C48H56O10. The van der Waals surface area contributed by atoms with Crippen molar-refractivity contribution >= 4 is 29.8 Å². The molecule has 0 atom stereocenters. The number of esters is 5. The minimum absolute atomic E-state index is 0.000652. The minimum atomic E-state index is -0.654. The van der Waals surface area contributed by atoms with Crippen molar-refractivity contribution < 1.29 is 47.7 Å². The summed E-state index contributed by atoms with van der Waals surface area (Å²) in [6.07, 6.45) is 15.3. The molecule has 0 radical (unpaired) electrons. The van der Waals surface area contributed by atoms with E-state index in [0.29, 0.717) is 54.4 Å². The van der Waals surface area contributed by atoms with Gasteiger partial charge in [0.2, 0.25) is 0 Å². The number of carbonyl (C=O) groups excluding carboxylic acids is 5. The van der Waals surface area contributed by atoms with Gasteiger partial charge in [0.25, 0.3) is 0 Å². The van der Waals surface area contributed by atoms with Gasteiger partial charge in [-0.1, -0.05) is 44.3 Å². The fraction of sp³-hybridized carbons (Fsp3) is 0.438. The number of benzene rings is 3. The Bertz CT molecular complexity index is 1860. The standard InChI is InChI=1S/C48H56O10/c1-4-29-56-46(51)41-27-28-42(57-47(52)39-23-19-37(20-24-39)35-15-11-33(12-16-35)9-7-30-54-44(49)5-2)43(32-41)58-48(53)40-25-21-38(22-26-40)36-17-13-34(14-18-36)10-8-31-55-45(50)6-3/h5-6,19-28,32-36H,2-4,7-18,29-31H2,1H3. The Morgan fingerprint density at radius 2 is 0.966 bits per heavy atom. The first-order valence-electron chi connectivity index (χ1n) is 20.7. The molecule has 2 aliphatic rings. The maximum Gasteiger partial charge on any atom is 0.343 e. The van der Waals surface area contributed by atoms with Gasteiger partial charge in [0.05, 0.1) is 36.5 Å². The smallest absolute Gasteiger partial charge is 0.343 e. The number of ether oxygens (including phenoxy) is 5. The third kappa shape index (κ3) is 13.0. The lowest BCUT2D eigenvalue weighted by molar-refractivity contribution is -0.138. The second kappa shape index (κ2) is 22.4. The molecule has 10 heteroatoms. The van der Waals surface area contributed by atoms with Gasteiger partial charge in [0.1, 0.15) is 0 Å². The van der Waals surface area contributed by atoms with E-state index in [9.17, 15) is 24.0 Å². The van der Waals surface area contributed by atoms with E-state index < -0.39 is 17.9 Å². The van der Waals surface area contributed by atoms with Gasteiger partial charge in [-0.25, -0.2) is 24.0 Å². The van der Waals surface area contributed by atoms with Crippen molar-refractivity contribution in [3.05, 3.63) is 120 Å². The van der Waals surface area contributed by atoms with Crippen LogP contribution in [0, 0.1) is 11.8 Å². The molecule has 3 aromatic carbocycles. The first-order valence-corrected chi connectivity index (χ1v) is 20.7. The fourth-order valence-corrected chi connectivity index (χ4v) is 7.95. The van der Waals surface area contributed by atoms with Crippen LogP contribution in [-0.4, -0.2) is 49.7 Å². The molecule has 0 aromatic heterocycles. The molecule has 2 fully saturated rings. The predicted octanol–water partition coefficient (Wildman–Crippen LogP) is 10.3. The highest BCUT2D eigenvalue weighted by molar-refractivity contribution is 5.95. The fourth-order valence-electron chi connectivity index (χ4n) is 7.95. The van der Waals surface area contributed by atoms with Crippen molar-refractivity contribution in [2.75, 3.05) is 19.8 Å². The molecule has 0 unspecified atom stereocenters. The van der Waals surface area contributed by atoms with Crippen LogP contribution in [0.5, 0.6) is 11.5 Å². The molecule has 0 saturated heterocycles. The van der Waals surface area contributed by atoms with Crippen molar-refractivity contribution in [2.45, 2.75) is 102 Å². The van der Waals surface area contributed by atoms with E-state index in [1.807, 2.05) is 31.2 Å². The van der Waals surface area contributed by atoms with E-state index in [0.717, 1.165) is 82.6 Å². The van der Waals surface area contributed by atoms with Crippen LogP contribution in [0.3, 0.4) is 0 Å². The average molecular weight is 793 g/mol. The molecule has 0 aliphatic heterocycles. The molecule has 58 heavy (non-hydrogen) atoms. The van der Waals surface area contributed by atoms with Gasteiger partial charge in [-0.05, 0) is 161 Å². The summed E-state index contributed by atoms with van der Waals surface area (Å²) in [5.74, 6) is -0.711. The maximum atomic E-state index is 13.5. The van der Waals surface area contributed by atoms with Crippen LogP contribution in [0.4, 0.5) is 0 Å². The van der Waals surface area contributed by atoms with Crippen LogP contribution in [0.1, 0.15) is 144 Å². The predicted molar refractivity (Wildman–Crippen MR) is 220 cm³/mol. The van der Waals surface area contributed by atoms with Crippen LogP contribution in [0.25, 0.3) is 0 Å². The highest BCUT2D eigenvalue weighted by Gasteiger charge is 2.25. The summed E-state index contributed by atoms with van der Waals surface area (Å²) < 4.78 is 27.1. The number of carbonyl (C=O) groups is 5. The van der Waals surface area contributed by atoms with E-state index in [1.54, 1.807) is 24.3 Å². The molecule has 0 spiro atoms. The molecule has 2 aliphatic carbocycles. The van der Waals surface area contributed by atoms with Gasteiger partial charge in [0.15, 0.2) is 11.5 Å². The van der Waals surface area contributed by atoms with Gasteiger partial charge >= 0.3 is 29.8 Å². The van der Waals surface area contributed by atoms with Crippen molar-refractivity contribution in [3.8, 4) is 11.5 Å². The van der Waals surface area contributed by atoms with Crippen LogP contribution in [-0.2, 0) is 23.8 Å². The Morgan fingerprint density at radius 1 is 0.534 bits per heavy atom. The van der Waals surface area contributed by atoms with Crippen molar-refractivity contribution in [1.29, 1.82) is 0 Å². The third-order valence-corrected chi connectivity index (χ3v) is 11.3. The van der Waals surface area contributed by atoms with E-state index in [1.165, 1.54) is 35.9 Å². The highest BCUT2D eigenvalue weighted by Crippen LogP contribution is 2.39. The number of rotatable bonds is 19. The summed E-state index contributed by atoms with van der Waals surface area (Å²) in [5, 5.41) is 0. The quantitative estimate of drug-likeness (QED) is 0.0380. The summed E-state index contributed by atoms with van der Waals surface area (Å²) in [7, 11) is 0. The summed E-state index contributed by atoms with van der Waals surface area (Å²) in [5.41, 5.74) is 3.15. The van der Waals surface area contributed by atoms with Crippen molar-refractivity contribution in [3.63, 3.8) is 0 Å². The van der Waals surface area contributed by atoms with Crippen LogP contribution in [0.15, 0.2) is 92.0 Å². The SMILES string of the molecule is C=CC(=O)OCCCC1CCC(c2ccc(C(=O)Oc3ccc(C(=O)OCCC)cc3OC(=O)c3ccc(C4CCC(CCCOC(=O)C=C)CC4)cc3)cc2)CC1. The molecule has 3 aromatic rings. The van der Waals surface area contributed by atoms with Gasteiger partial charge in [0, 0.05) is 12.2 Å². The highest BCUT2D eigenvalue weighted by atomic mass is 16.6. The molecular weight excluding hydrogens is 737 g/mol. The number of hydrogen-bond donors (Lipinski definition) is 0. The van der Waals surface area contributed by atoms with Crippen LogP contribution in [0.2, 0.25) is 0 Å². The van der Waals surface area contributed by atoms with Gasteiger partial charge in [-0.15, -0.1) is 0 Å². The molecule has 308 valence electrons. The summed E-state index contributed by atoms with van der Waals surface area (Å²) in [6, 6.07) is 19.1. The van der Waals surface area contributed by atoms with Gasteiger partial charge in [-0.3, -0.25) is 0 Å². The van der Waals surface area contributed by atoms with E-state index in [2.05, 4.69) is 13.2 Å². The lowest BCUT2D eigenvalue weighted by Crippen LogP contribution is -2.16. The Morgan fingerprint density at radius 3 is 1.40 bits per heavy atom. The maximum absolute atomic E-state index is 13.5. The Labute approximate surface area is 341 Å². The van der Waals surface area contributed by atoms with E-state index in [4.69, 9.17) is 23.7 Å². The average Bonchev–Trinajstić information content (AvgIpc) is 3.26. The second-order valence-corrected chi connectivity index (χ2v) is 15.3. The van der Waals surface area contributed by atoms with Crippen molar-refractivity contribution in [2.24, 2.45) is 11.8 Å². The monoisotopic (exact) mass is 792 g/mol. The largest absolute Gasteiger partial charge is 0.463 e. The lowest BCUT2D eigenvalue weighted by Gasteiger charge is -2.29. The molecule has 0 heterocycles. The summed E-state index contributed by atoms with van der Waals surface area (Å²) in [6.45, 7) is 9.80. The Hall–Kier alpha value is -5.51. The number of hydrogen-bond acceptors (Lipinski definition) is 10. The molecule has 10 nitrogen and oxygen atoms in total. The first-order chi connectivity index (χ1) is 28.2. The molecule has 0 bridgehead atoms. The third-order valence-electron chi connectivity index (χ3n) is 11.3. The van der Waals surface area contributed by atoms with E-state index >= 15 is 0 Å². The van der Waals surface area contributed by atoms with E-state index in [-0.39, 0.29) is 35.6 Å². The molecule has 2 saturated carbocycles. The lowest BCUT2D eigenvalue weighted by atomic mass is 9.77. The zero-order valence-corrected chi connectivity index (χ0v) is 33.6. The molecule has 5 rings (SSSR count). The van der Waals surface area contributed by atoms with Gasteiger partial charge in [-0.2, -0.15) is 0 Å². The topological polar surface area (TPSA) is 132 Å². The first kappa shape index (κ1) is 43.6. The van der Waals surface area contributed by atoms with Crippen LogP contribution >= 0.6 is 0 Å². The minimum Gasteiger partial charge on any atom is -0.463 e. The summed E-state index contributed by atoms with van der Waals surface area (Å²) >= 11 is 0. The zero-order valence-electron chi connectivity index (χ0n) is 33.6. The van der Waals surface area contributed by atoms with Crippen molar-refractivity contribution in [1.82, 2.24) is 0 Å². The second-order valence-electron chi connectivity index (χ2n) is 15.3.